The van der Waals surface area contributed by atoms with Crippen molar-refractivity contribution in [1.82, 2.24) is 0 Å². The third-order valence-electron chi connectivity index (χ3n) is 0. The molecule has 0 aromatic heterocycles. The van der Waals surface area contributed by atoms with E-state index in [4.69, 9.17) is 19.2 Å². The summed E-state index contributed by atoms with van der Waals surface area (Å²) in [6, 6.07) is 0. The van der Waals surface area contributed by atoms with Gasteiger partial charge in [-0.3, -0.25) is 0 Å². The largest absolute Gasteiger partial charge is 2.00 e. The maximum atomic E-state index is 8.55. The molecule has 0 aliphatic rings. The van der Waals surface area contributed by atoms with Crippen molar-refractivity contribution >= 4 is 45.6 Å². The minimum absolute atomic E-state index is 0. The first-order valence-electron chi connectivity index (χ1n) is 0.730. The zero-order chi connectivity index (χ0) is 4.50. The minimum Gasteiger partial charge on any atom is -0.822 e. The Labute approximate surface area is 101 Å². The molecule has 0 N–H and O–H groups in total. The van der Waals surface area contributed by atoms with Crippen molar-refractivity contribution in [2.45, 2.75) is 0 Å². The second-order valence-corrected chi connectivity index (χ2v) is 1.34. The third kappa shape index (κ3) is 74.9. The van der Waals surface area contributed by atoms with Crippen LogP contribution in [-0.2, 0) is 23.1 Å². The standard InChI is InChI=1S/Ca.Li.H3O4P.V/c;;1-5(2,3)4;/h;;(H3,1,2,3,4);/q+2;+1;;/p-3. The smallest absolute Gasteiger partial charge is 0.822 e. The van der Waals surface area contributed by atoms with Gasteiger partial charge in [0.15, 0.2) is 0 Å². The van der Waals surface area contributed by atoms with E-state index in [0.29, 0.717) is 0 Å². The zero-order valence-electron chi connectivity index (χ0n) is 4.23. The van der Waals surface area contributed by atoms with Crippen molar-refractivity contribution in [2.24, 2.45) is 0 Å². The zero-order valence-corrected chi connectivity index (χ0v) is 8.73. The summed E-state index contributed by atoms with van der Waals surface area (Å²) in [7, 11) is -5.39. The number of rotatable bonds is 0. The van der Waals surface area contributed by atoms with Crippen LogP contribution in [0.4, 0.5) is 0 Å². The minimum atomic E-state index is -5.39. The van der Waals surface area contributed by atoms with E-state index >= 15 is 0 Å². The van der Waals surface area contributed by atoms with E-state index < -0.39 is 7.82 Å². The molecular weight excluding hydrogens is 193 g/mol. The molecule has 0 aromatic rings. The molecule has 0 fully saturated rings. The molecule has 0 atom stereocenters. The van der Waals surface area contributed by atoms with Gasteiger partial charge in [-0.2, -0.15) is 7.82 Å². The van der Waals surface area contributed by atoms with E-state index in [9.17, 15) is 0 Å². The summed E-state index contributed by atoms with van der Waals surface area (Å²) in [4.78, 5) is 25.6. The SMILES string of the molecule is O=P([O-])([O-])[O-].[Ca+2].[Li+].[V]. The Balaban J connectivity index is -0.0000000267. The normalized spacial score (nSPS) is 7.38. The van der Waals surface area contributed by atoms with Gasteiger partial charge in [0.2, 0.25) is 0 Å². The van der Waals surface area contributed by atoms with Gasteiger partial charge in [-0.1, -0.05) is 0 Å². The fourth-order valence-electron chi connectivity index (χ4n) is 0. The van der Waals surface area contributed by atoms with Crippen LogP contribution in [-0.4, -0.2) is 37.7 Å². The summed E-state index contributed by atoms with van der Waals surface area (Å²) in [5.41, 5.74) is 0. The summed E-state index contributed by atoms with van der Waals surface area (Å²) in [6.07, 6.45) is 0. The van der Waals surface area contributed by atoms with E-state index in [1.165, 1.54) is 0 Å². The van der Waals surface area contributed by atoms with E-state index in [-0.39, 0.29) is 75.2 Å². The number of phosphoric acid groups is 1. The van der Waals surface area contributed by atoms with Crippen LogP contribution in [0.1, 0.15) is 0 Å². The predicted octanol–water partition coefficient (Wildman–Crippen LogP) is -6.20. The van der Waals surface area contributed by atoms with Gasteiger partial charge in [-0.05, 0) is 0 Å². The van der Waals surface area contributed by atoms with Crippen molar-refractivity contribution in [3.63, 3.8) is 0 Å². The Morgan fingerprint density at radius 1 is 1.12 bits per heavy atom. The van der Waals surface area contributed by atoms with E-state index in [1.807, 2.05) is 0 Å². The fraction of sp³-hybridized carbons (Fsp3) is 0. The molecule has 0 aliphatic heterocycles. The molecule has 0 spiro atoms. The van der Waals surface area contributed by atoms with Crippen LogP contribution in [0.25, 0.3) is 0 Å². The topological polar surface area (TPSA) is 86.2 Å². The van der Waals surface area contributed by atoms with Crippen LogP contribution in [0.3, 0.4) is 0 Å². The molecule has 1 radical (unpaired) electrons. The van der Waals surface area contributed by atoms with Gasteiger partial charge >= 0.3 is 56.6 Å². The van der Waals surface area contributed by atoms with Gasteiger partial charge < -0.3 is 19.2 Å². The molecule has 8 heteroatoms. The van der Waals surface area contributed by atoms with Gasteiger partial charge in [0, 0.05) is 18.6 Å². The molecule has 4 nitrogen and oxygen atoms in total. The maximum Gasteiger partial charge on any atom is 2.00 e. The molecule has 0 amide bonds. The molecule has 0 heterocycles. The molecule has 0 aromatic carbocycles. The third-order valence-corrected chi connectivity index (χ3v) is 0. The van der Waals surface area contributed by atoms with Gasteiger partial charge in [0.25, 0.3) is 0 Å². The average molecular weight is 193 g/mol. The monoisotopic (exact) mass is 193 g/mol. The van der Waals surface area contributed by atoms with Gasteiger partial charge in [0.1, 0.15) is 0 Å². The Kier molecular flexibility index (Phi) is 26.8. The van der Waals surface area contributed by atoms with Crippen LogP contribution in [0.15, 0.2) is 0 Å². The van der Waals surface area contributed by atoms with Crippen LogP contribution >= 0.6 is 7.82 Å². The summed E-state index contributed by atoms with van der Waals surface area (Å²) in [5, 5.41) is 0. The number of hydrogen-bond donors (Lipinski definition) is 0. The molecular formula is CaLiO4PV. The molecule has 8 heavy (non-hydrogen) atoms. The molecule has 0 aliphatic carbocycles. The fourth-order valence-corrected chi connectivity index (χ4v) is 0. The molecule has 0 bridgehead atoms. The molecule has 0 saturated carbocycles. The van der Waals surface area contributed by atoms with Crippen molar-refractivity contribution in [3.05, 3.63) is 0 Å². The molecule has 0 rings (SSSR count). The predicted molar refractivity (Wildman–Crippen MR) is 13.4 cm³/mol. The quantitative estimate of drug-likeness (QED) is 0.283. The summed E-state index contributed by atoms with van der Waals surface area (Å²) in [5.74, 6) is 0. The van der Waals surface area contributed by atoms with Crippen molar-refractivity contribution in [3.8, 4) is 0 Å². The second kappa shape index (κ2) is 9.55. The van der Waals surface area contributed by atoms with E-state index in [0.717, 1.165) is 0 Å². The van der Waals surface area contributed by atoms with Gasteiger partial charge in [0.05, 0.1) is 0 Å². The van der Waals surface area contributed by atoms with Crippen LogP contribution in [0.5, 0.6) is 0 Å². The van der Waals surface area contributed by atoms with Gasteiger partial charge in [-0.25, -0.2) is 0 Å². The summed E-state index contributed by atoms with van der Waals surface area (Å²) in [6.45, 7) is 0. The average Bonchev–Trinajstić information content (AvgIpc) is 0.722. The van der Waals surface area contributed by atoms with Gasteiger partial charge in [-0.15, -0.1) is 0 Å². The molecule has 0 saturated heterocycles. The summed E-state index contributed by atoms with van der Waals surface area (Å²) >= 11 is 0. The Morgan fingerprint density at radius 3 is 1.12 bits per heavy atom. The van der Waals surface area contributed by atoms with E-state index in [2.05, 4.69) is 0 Å². The van der Waals surface area contributed by atoms with Crippen molar-refractivity contribution in [1.29, 1.82) is 0 Å². The van der Waals surface area contributed by atoms with Crippen molar-refractivity contribution in [2.75, 3.05) is 0 Å². The van der Waals surface area contributed by atoms with E-state index in [1.54, 1.807) is 0 Å². The Bertz CT molecular complexity index is 62.2. The first-order valence-corrected chi connectivity index (χ1v) is 2.19. The maximum absolute atomic E-state index is 8.55. The molecule has 0 unspecified atom stereocenters. The molecule has 37 valence electrons. The van der Waals surface area contributed by atoms with Crippen LogP contribution in [0.2, 0.25) is 0 Å². The van der Waals surface area contributed by atoms with Crippen LogP contribution in [0, 0.1) is 0 Å². The Hall–Kier alpha value is 2.55. The Morgan fingerprint density at radius 2 is 1.12 bits per heavy atom. The van der Waals surface area contributed by atoms with Crippen molar-refractivity contribution < 1.29 is 56.7 Å². The second-order valence-electron chi connectivity index (χ2n) is 0.447. The number of hydrogen-bond acceptors (Lipinski definition) is 4. The first kappa shape index (κ1) is 22.4. The van der Waals surface area contributed by atoms with Crippen LogP contribution < -0.4 is 33.5 Å². The first-order chi connectivity index (χ1) is 2.00. The summed E-state index contributed by atoms with van der Waals surface area (Å²) < 4.78 is 8.55.